The van der Waals surface area contributed by atoms with Crippen LogP contribution in [0.15, 0.2) is 72.8 Å². The van der Waals surface area contributed by atoms with Gasteiger partial charge >= 0.3 is 109 Å². The van der Waals surface area contributed by atoms with Crippen LogP contribution in [-0.2, 0) is 24.5 Å². The second kappa shape index (κ2) is 7.83. The molecule has 0 saturated heterocycles. The SMILES string of the molecule is Cc1ccccc1.[CH3][Ti]([CH3])[NH]c1cccc2c1Cc1ccccc1-2. The van der Waals surface area contributed by atoms with Crippen molar-refractivity contribution in [3.63, 3.8) is 0 Å². The quantitative estimate of drug-likeness (QED) is 0.419. The van der Waals surface area contributed by atoms with E-state index in [9.17, 15) is 0 Å². The summed E-state index contributed by atoms with van der Waals surface area (Å²) in [5.74, 6) is 0. The molecule has 0 bridgehead atoms. The molecule has 2 heteroatoms. The van der Waals surface area contributed by atoms with Crippen LogP contribution >= 0.6 is 0 Å². The molecule has 0 spiro atoms. The van der Waals surface area contributed by atoms with Crippen molar-refractivity contribution in [2.75, 3.05) is 3.80 Å². The van der Waals surface area contributed by atoms with Crippen LogP contribution in [0.4, 0.5) is 5.69 Å². The van der Waals surface area contributed by atoms with E-state index in [0.717, 1.165) is 6.42 Å². The summed E-state index contributed by atoms with van der Waals surface area (Å²) in [6, 6.07) is 25.7. The van der Waals surface area contributed by atoms with Crippen molar-refractivity contribution in [3.8, 4) is 11.1 Å². The number of anilines is 1. The molecule has 3 aromatic carbocycles. The standard InChI is InChI=1S/C13H10N.C7H8.2CH3.Ti/c14-13-7-3-6-11-10-5-2-1-4-9(10)8-12(11)13;1-7-5-3-2-4-6-7;;;/h1-7,14H,8H2;2-6H,1H3;2*1H3;/q-1;;;;+1. The summed E-state index contributed by atoms with van der Waals surface area (Å²) in [6.45, 7) is 2.08. The fraction of sp³-hybridized carbons (Fsp3) is 0.182. The van der Waals surface area contributed by atoms with Crippen LogP contribution in [0.5, 0.6) is 0 Å². The van der Waals surface area contributed by atoms with Crippen molar-refractivity contribution in [2.45, 2.75) is 23.8 Å². The van der Waals surface area contributed by atoms with E-state index in [1.165, 1.54) is 33.5 Å². The number of hydrogen-bond donors (Lipinski definition) is 1. The summed E-state index contributed by atoms with van der Waals surface area (Å²) < 4.78 is 3.71. The summed E-state index contributed by atoms with van der Waals surface area (Å²) in [7, 11) is 0. The normalized spacial score (nSPS) is 11.0. The van der Waals surface area contributed by atoms with Crippen molar-refractivity contribution >= 4 is 5.69 Å². The molecule has 0 heterocycles. The minimum atomic E-state index is -1.03. The summed E-state index contributed by atoms with van der Waals surface area (Å²) in [6.07, 6.45) is 1.08. The molecule has 0 unspecified atom stereocenters. The molecule has 0 aliphatic heterocycles. The molecule has 1 N–H and O–H groups in total. The maximum absolute atomic E-state index is 3.71. The Morgan fingerprint density at radius 2 is 1.42 bits per heavy atom. The van der Waals surface area contributed by atoms with Gasteiger partial charge in [-0.3, -0.25) is 0 Å². The molecule has 24 heavy (non-hydrogen) atoms. The zero-order chi connectivity index (χ0) is 16.9. The molecule has 0 amide bonds. The molecule has 0 atom stereocenters. The average Bonchev–Trinajstić information content (AvgIpc) is 2.96. The van der Waals surface area contributed by atoms with Gasteiger partial charge < -0.3 is 0 Å². The van der Waals surface area contributed by atoms with E-state index >= 15 is 0 Å². The third-order valence-corrected chi connectivity index (χ3v) is 5.38. The number of fused-ring (bicyclic) bond motifs is 3. The van der Waals surface area contributed by atoms with Crippen molar-refractivity contribution < 1.29 is 18.1 Å². The molecule has 121 valence electrons. The Kier molecular flexibility index (Phi) is 5.55. The van der Waals surface area contributed by atoms with Gasteiger partial charge in [0.25, 0.3) is 0 Å². The Morgan fingerprint density at radius 3 is 2.08 bits per heavy atom. The maximum atomic E-state index is 3.71. The number of aryl methyl sites for hydroxylation is 1. The Labute approximate surface area is 151 Å². The number of hydrogen-bond acceptors (Lipinski definition) is 1. The molecule has 0 aromatic heterocycles. The molecule has 1 aliphatic carbocycles. The molecule has 0 fully saturated rings. The first-order valence-corrected chi connectivity index (χ1v) is 12.3. The molecular formula is C22H24NTi. The molecular weight excluding hydrogens is 326 g/mol. The molecule has 0 radical (unpaired) electrons. The molecule has 1 nitrogen and oxygen atoms in total. The third-order valence-electron chi connectivity index (χ3n) is 4.18. The topological polar surface area (TPSA) is 12.0 Å². The first kappa shape index (κ1) is 17.0. The average molecular weight is 350 g/mol. The Balaban J connectivity index is 0.000000203. The van der Waals surface area contributed by atoms with Crippen molar-refractivity contribution in [3.05, 3.63) is 89.5 Å². The summed E-state index contributed by atoms with van der Waals surface area (Å²) >= 11 is -1.03. The second-order valence-corrected chi connectivity index (χ2v) is 9.96. The van der Waals surface area contributed by atoms with E-state index < -0.39 is 18.1 Å². The van der Waals surface area contributed by atoms with E-state index in [-0.39, 0.29) is 0 Å². The van der Waals surface area contributed by atoms with E-state index in [1.54, 1.807) is 0 Å². The summed E-state index contributed by atoms with van der Waals surface area (Å²) in [5.41, 5.74) is 8.47. The van der Waals surface area contributed by atoms with Crippen molar-refractivity contribution in [1.29, 1.82) is 0 Å². The summed E-state index contributed by atoms with van der Waals surface area (Å²) in [4.78, 5) is 0. The third kappa shape index (κ3) is 3.98. The van der Waals surface area contributed by atoms with E-state index in [2.05, 4.69) is 75.8 Å². The molecule has 0 saturated carbocycles. The van der Waals surface area contributed by atoms with Gasteiger partial charge in [-0.25, -0.2) is 0 Å². The number of nitrogens with one attached hydrogen (secondary N) is 1. The zero-order valence-electron chi connectivity index (χ0n) is 14.6. The van der Waals surface area contributed by atoms with Gasteiger partial charge in [0.05, 0.1) is 0 Å². The Bertz CT molecular complexity index is 809. The van der Waals surface area contributed by atoms with Crippen LogP contribution in [0.1, 0.15) is 16.7 Å². The van der Waals surface area contributed by atoms with E-state index in [1.807, 2.05) is 18.2 Å². The molecule has 4 rings (SSSR count). The second-order valence-electron chi connectivity index (χ2n) is 6.45. The zero-order valence-corrected chi connectivity index (χ0v) is 16.2. The van der Waals surface area contributed by atoms with Gasteiger partial charge in [0.15, 0.2) is 0 Å². The monoisotopic (exact) mass is 350 g/mol. The van der Waals surface area contributed by atoms with Gasteiger partial charge in [0.2, 0.25) is 0 Å². The van der Waals surface area contributed by atoms with Crippen LogP contribution in [0, 0.1) is 6.92 Å². The fourth-order valence-corrected chi connectivity index (χ4v) is 4.29. The van der Waals surface area contributed by atoms with Crippen molar-refractivity contribution in [1.82, 2.24) is 0 Å². The van der Waals surface area contributed by atoms with E-state index in [4.69, 9.17) is 0 Å². The molecule has 1 aliphatic rings. The van der Waals surface area contributed by atoms with E-state index in [0.29, 0.717) is 0 Å². The van der Waals surface area contributed by atoms with Gasteiger partial charge in [-0.1, -0.05) is 35.9 Å². The fourth-order valence-electron chi connectivity index (χ4n) is 3.08. The van der Waals surface area contributed by atoms with Crippen LogP contribution in [0.3, 0.4) is 0 Å². The number of rotatable bonds is 2. The van der Waals surface area contributed by atoms with Crippen LogP contribution in [0.25, 0.3) is 11.1 Å². The van der Waals surface area contributed by atoms with Gasteiger partial charge in [0.1, 0.15) is 0 Å². The van der Waals surface area contributed by atoms with Gasteiger partial charge in [-0.2, -0.15) is 0 Å². The van der Waals surface area contributed by atoms with Crippen molar-refractivity contribution in [2.24, 2.45) is 0 Å². The Morgan fingerprint density at radius 1 is 0.750 bits per heavy atom. The van der Waals surface area contributed by atoms with Gasteiger partial charge in [-0.15, -0.1) is 0 Å². The minimum absolute atomic E-state index is 1.03. The summed E-state index contributed by atoms with van der Waals surface area (Å²) in [5, 5.41) is 4.70. The van der Waals surface area contributed by atoms with Crippen LogP contribution in [0.2, 0.25) is 10.5 Å². The predicted octanol–water partition coefficient (Wildman–Crippen LogP) is 6.29. The first-order valence-electron chi connectivity index (χ1n) is 8.44. The first-order chi connectivity index (χ1) is 11.6. The van der Waals surface area contributed by atoms with Gasteiger partial charge in [-0.05, 0) is 6.92 Å². The van der Waals surface area contributed by atoms with Crippen LogP contribution in [-0.4, -0.2) is 0 Å². The Hall–Kier alpha value is -1.83. The van der Waals surface area contributed by atoms with Crippen LogP contribution < -0.4 is 3.80 Å². The number of benzene rings is 3. The molecule has 3 aromatic rings. The predicted molar refractivity (Wildman–Crippen MR) is 101 cm³/mol. The van der Waals surface area contributed by atoms with Gasteiger partial charge in [0, 0.05) is 0 Å².